The Balaban J connectivity index is 1.73. The van der Waals surface area contributed by atoms with Crippen LogP contribution in [0.1, 0.15) is 23.3 Å². The van der Waals surface area contributed by atoms with Gasteiger partial charge in [-0.3, -0.25) is 13.9 Å². The lowest BCUT2D eigenvalue weighted by Crippen LogP contribution is -2.24. The molecule has 4 aromatic carbocycles. The molecule has 0 saturated heterocycles. The number of ether oxygens (including phenoxy) is 2. The van der Waals surface area contributed by atoms with Crippen molar-refractivity contribution < 1.29 is 32.4 Å². The SMILES string of the molecule is COc1ccc(C(O[PH](=O)c2ccccc2)C(=O)C(O[PH](=O)c2ccccc2)c2ccc(OC)cc2)cc1. The molecule has 9 heteroatoms. The molecule has 4 aromatic rings. The van der Waals surface area contributed by atoms with Crippen LogP contribution in [0, 0.1) is 0 Å². The molecule has 7 nitrogen and oxygen atoms in total. The lowest BCUT2D eigenvalue weighted by Gasteiger charge is -2.24. The summed E-state index contributed by atoms with van der Waals surface area (Å²) in [6, 6.07) is 30.8. The van der Waals surface area contributed by atoms with Crippen molar-refractivity contribution in [1.29, 1.82) is 0 Å². The molecule has 0 aromatic heterocycles. The molecule has 0 fully saturated rings. The molecule has 0 N–H and O–H groups in total. The van der Waals surface area contributed by atoms with Crippen molar-refractivity contribution in [2.75, 3.05) is 14.2 Å². The third-order valence-corrected chi connectivity index (χ3v) is 8.33. The highest BCUT2D eigenvalue weighted by Crippen LogP contribution is 2.40. The van der Waals surface area contributed by atoms with E-state index in [1.54, 1.807) is 109 Å². The van der Waals surface area contributed by atoms with E-state index in [1.807, 2.05) is 0 Å². The maximum Gasteiger partial charge on any atom is 0.221 e. The summed E-state index contributed by atoms with van der Waals surface area (Å²) >= 11 is 0. The number of Topliss-reactive ketones (excluding diaryl/α,β-unsaturated/α-hetero) is 1. The van der Waals surface area contributed by atoms with Crippen molar-refractivity contribution >= 4 is 32.4 Å². The van der Waals surface area contributed by atoms with Gasteiger partial charge in [-0.1, -0.05) is 60.7 Å². The number of hydrogen-bond acceptors (Lipinski definition) is 7. The largest absolute Gasteiger partial charge is 0.497 e. The zero-order chi connectivity index (χ0) is 26.9. The predicted molar refractivity (Wildman–Crippen MR) is 149 cm³/mol. The molecule has 0 aliphatic rings. The second kappa shape index (κ2) is 13.4. The predicted octanol–water partition coefficient (Wildman–Crippen LogP) is 5.69. The number of carbonyl (C=O) groups is 1. The van der Waals surface area contributed by atoms with E-state index in [9.17, 15) is 13.9 Å². The third-order valence-electron chi connectivity index (χ3n) is 5.82. The van der Waals surface area contributed by atoms with E-state index in [4.69, 9.17) is 18.5 Å². The number of benzene rings is 4. The minimum absolute atomic E-state index is 0.464. The first-order valence-corrected chi connectivity index (χ1v) is 14.5. The van der Waals surface area contributed by atoms with Crippen LogP contribution in [0.4, 0.5) is 0 Å². The van der Waals surface area contributed by atoms with E-state index in [1.165, 1.54) is 14.2 Å². The quantitative estimate of drug-likeness (QED) is 0.210. The average Bonchev–Trinajstić information content (AvgIpc) is 2.99. The molecule has 0 bridgehead atoms. The highest BCUT2D eigenvalue weighted by Gasteiger charge is 2.34. The van der Waals surface area contributed by atoms with Crippen LogP contribution in [0.2, 0.25) is 0 Å². The van der Waals surface area contributed by atoms with Crippen LogP contribution in [-0.2, 0) is 23.0 Å². The monoisotopic (exact) mass is 550 g/mol. The van der Waals surface area contributed by atoms with Gasteiger partial charge in [0, 0.05) is 10.6 Å². The van der Waals surface area contributed by atoms with E-state index in [2.05, 4.69) is 0 Å². The number of methoxy groups -OCH3 is 2. The molecule has 38 heavy (non-hydrogen) atoms. The van der Waals surface area contributed by atoms with Crippen LogP contribution in [0.25, 0.3) is 0 Å². The van der Waals surface area contributed by atoms with Crippen LogP contribution in [-0.4, -0.2) is 20.0 Å². The van der Waals surface area contributed by atoms with Gasteiger partial charge in [0.25, 0.3) is 0 Å². The Labute approximate surface area is 223 Å². The summed E-state index contributed by atoms with van der Waals surface area (Å²) in [5.74, 6) is 0.643. The van der Waals surface area contributed by atoms with Crippen LogP contribution < -0.4 is 20.1 Å². The Morgan fingerprint density at radius 3 is 1.21 bits per heavy atom. The average molecular weight is 550 g/mol. The van der Waals surface area contributed by atoms with Crippen LogP contribution in [0.5, 0.6) is 11.5 Å². The smallest absolute Gasteiger partial charge is 0.221 e. The summed E-state index contributed by atoms with van der Waals surface area (Å²) in [6.07, 6.45) is -2.52. The molecule has 196 valence electrons. The fourth-order valence-electron chi connectivity index (χ4n) is 3.77. The van der Waals surface area contributed by atoms with Gasteiger partial charge in [-0.2, -0.15) is 0 Å². The molecule has 4 rings (SSSR count). The van der Waals surface area contributed by atoms with E-state index in [0.717, 1.165) is 0 Å². The first kappa shape index (κ1) is 27.6. The Kier molecular flexibility index (Phi) is 9.69. The van der Waals surface area contributed by atoms with Crippen molar-refractivity contribution in [2.24, 2.45) is 0 Å². The Hall–Kier alpha value is -3.47. The summed E-state index contributed by atoms with van der Waals surface area (Å²) in [7, 11) is -2.57. The molecule has 0 saturated carbocycles. The van der Waals surface area contributed by atoms with Crippen molar-refractivity contribution in [3.8, 4) is 11.5 Å². The summed E-state index contributed by atoms with van der Waals surface area (Å²) in [6.45, 7) is 0. The Morgan fingerprint density at radius 1 is 0.553 bits per heavy atom. The first-order chi connectivity index (χ1) is 18.5. The molecular formula is C29H28O7P2. The van der Waals surface area contributed by atoms with Crippen LogP contribution in [0.15, 0.2) is 109 Å². The van der Waals surface area contributed by atoms with Crippen molar-refractivity contribution in [2.45, 2.75) is 12.2 Å². The standard InChI is InChI=1S/C29H28O7P2/c1-33-23-17-13-21(14-18-23)28(35-37(31)25-9-5-3-6-10-25)27(30)29(22-15-19-24(34-2)20-16-22)36-38(32)26-11-7-4-8-12-26/h3-20,28-29,37-38H,1-2H3. The fraction of sp³-hybridized carbons (Fsp3) is 0.138. The Morgan fingerprint density at radius 2 is 0.895 bits per heavy atom. The molecule has 4 unspecified atom stereocenters. The number of rotatable bonds is 12. The second-order valence-corrected chi connectivity index (χ2v) is 11.0. The molecule has 0 aliphatic heterocycles. The van der Waals surface area contributed by atoms with Gasteiger partial charge in [-0.15, -0.1) is 0 Å². The van der Waals surface area contributed by atoms with Crippen molar-refractivity contribution in [3.05, 3.63) is 120 Å². The summed E-state index contributed by atoms with van der Waals surface area (Å²) in [5, 5.41) is 0.951. The van der Waals surface area contributed by atoms with E-state index < -0.39 is 34.0 Å². The van der Waals surface area contributed by atoms with Gasteiger partial charge in [0.05, 0.1) is 14.2 Å². The second-order valence-electron chi connectivity index (χ2n) is 8.25. The zero-order valence-corrected chi connectivity index (χ0v) is 22.9. The maximum absolute atomic E-state index is 14.1. The molecular weight excluding hydrogens is 522 g/mol. The number of hydrogen-bond donors (Lipinski definition) is 0. The molecule has 0 spiro atoms. The van der Waals surface area contributed by atoms with Gasteiger partial charge in [-0.25, -0.2) is 0 Å². The lowest BCUT2D eigenvalue weighted by molar-refractivity contribution is -0.133. The lowest BCUT2D eigenvalue weighted by atomic mass is 9.97. The van der Waals surface area contributed by atoms with Crippen LogP contribution in [0.3, 0.4) is 0 Å². The maximum atomic E-state index is 14.1. The number of carbonyl (C=O) groups excluding carboxylic acids is 1. The van der Waals surface area contributed by atoms with Crippen molar-refractivity contribution in [3.63, 3.8) is 0 Å². The summed E-state index contributed by atoms with van der Waals surface area (Å²) in [4.78, 5) is 14.1. The fourth-order valence-corrected chi connectivity index (χ4v) is 5.91. The molecule has 0 aliphatic carbocycles. The van der Waals surface area contributed by atoms with Crippen molar-refractivity contribution in [1.82, 2.24) is 0 Å². The minimum atomic E-state index is -2.83. The summed E-state index contributed by atoms with van der Waals surface area (Å²) < 4.78 is 48.8. The molecule has 0 radical (unpaired) electrons. The third kappa shape index (κ3) is 6.89. The normalized spacial score (nSPS) is 14.2. The van der Waals surface area contributed by atoms with E-state index >= 15 is 0 Å². The first-order valence-electron chi connectivity index (χ1n) is 11.8. The molecule has 4 atom stereocenters. The summed E-state index contributed by atoms with van der Waals surface area (Å²) in [5.41, 5.74) is 0.929. The van der Waals surface area contributed by atoms with Gasteiger partial charge >= 0.3 is 0 Å². The van der Waals surface area contributed by atoms with Gasteiger partial charge in [0.1, 0.15) is 11.5 Å². The van der Waals surface area contributed by atoms with Crippen LogP contribution >= 0.6 is 16.1 Å². The van der Waals surface area contributed by atoms with Gasteiger partial charge in [-0.05, 0) is 59.7 Å². The van der Waals surface area contributed by atoms with Gasteiger partial charge in [0.2, 0.25) is 16.1 Å². The van der Waals surface area contributed by atoms with Gasteiger partial charge in [0.15, 0.2) is 18.0 Å². The molecule has 0 heterocycles. The van der Waals surface area contributed by atoms with E-state index in [-0.39, 0.29) is 0 Å². The zero-order valence-electron chi connectivity index (χ0n) is 20.9. The number of ketones is 1. The van der Waals surface area contributed by atoms with Gasteiger partial charge < -0.3 is 18.5 Å². The minimum Gasteiger partial charge on any atom is -0.497 e. The topological polar surface area (TPSA) is 88.1 Å². The van der Waals surface area contributed by atoms with E-state index in [0.29, 0.717) is 33.2 Å². The molecule has 0 amide bonds. The highest BCUT2D eigenvalue weighted by molar-refractivity contribution is 7.48. The highest BCUT2D eigenvalue weighted by atomic mass is 31.1. The Bertz CT molecular complexity index is 1270.